The number of nitrogens with zero attached hydrogens (tertiary/aromatic N) is 3. The second kappa shape index (κ2) is 9.70. The summed E-state index contributed by atoms with van der Waals surface area (Å²) >= 11 is 11.7. The van der Waals surface area contributed by atoms with Gasteiger partial charge in [0, 0.05) is 41.8 Å². The SMILES string of the molecule is Cc1cc(N2CCC(C)CC2)nc(NC(=S)NCC2(c3ccc(Cl)cc3)CCCC2)n1. The van der Waals surface area contributed by atoms with Gasteiger partial charge in [-0.15, -0.1) is 0 Å². The maximum absolute atomic E-state index is 6.11. The first-order chi connectivity index (χ1) is 14.9. The predicted octanol–water partition coefficient (Wildman–Crippen LogP) is 5.47. The van der Waals surface area contributed by atoms with Crippen LogP contribution in [0.25, 0.3) is 0 Å². The monoisotopic (exact) mass is 457 g/mol. The van der Waals surface area contributed by atoms with Crippen molar-refractivity contribution in [3.63, 3.8) is 0 Å². The Labute approximate surface area is 196 Å². The Kier molecular flexibility index (Phi) is 6.97. The highest BCUT2D eigenvalue weighted by molar-refractivity contribution is 7.80. The largest absolute Gasteiger partial charge is 0.361 e. The van der Waals surface area contributed by atoms with E-state index in [9.17, 15) is 0 Å². The summed E-state index contributed by atoms with van der Waals surface area (Å²) in [5, 5.41) is 8.02. The van der Waals surface area contributed by atoms with E-state index in [1.807, 2.05) is 19.1 Å². The summed E-state index contributed by atoms with van der Waals surface area (Å²) in [5.74, 6) is 2.34. The molecule has 0 amide bonds. The van der Waals surface area contributed by atoms with Crippen molar-refractivity contribution in [2.24, 2.45) is 5.92 Å². The normalized spacial score (nSPS) is 18.7. The Hall–Kier alpha value is -1.92. The van der Waals surface area contributed by atoms with Crippen LogP contribution in [-0.2, 0) is 5.41 Å². The van der Waals surface area contributed by atoms with E-state index in [-0.39, 0.29) is 5.41 Å². The third-order valence-corrected chi connectivity index (χ3v) is 7.28. The number of anilines is 2. The summed E-state index contributed by atoms with van der Waals surface area (Å²) in [7, 11) is 0. The van der Waals surface area contributed by atoms with Gasteiger partial charge < -0.3 is 15.5 Å². The Morgan fingerprint density at radius 2 is 1.84 bits per heavy atom. The minimum absolute atomic E-state index is 0.0967. The lowest BCUT2D eigenvalue weighted by molar-refractivity contribution is 0.435. The van der Waals surface area contributed by atoms with Crippen LogP contribution in [0.4, 0.5) is 11.8 Å². The number of rotatable bonds is 5. The molecule has 0 radical (unpaired) electrons. The van der Waals surface area contributed by atoms with Crippen LogP contribution in [0.5, 0.6) is 0 Å². The molecule has 5 nitrogen and oxygen atoms in total. The molecule has 0 atom stereocenters. The lowest BCUT2D eigenvalue weighted by Gasteiger charge is -2.31. The number of hydrogen-bond donors (Lipinski definition) is 2. The van der Waals surface area contributed by atoms with Crippen molar-refractivity contribution in [3.05, 3.63) is 46.6 Å². The van der Waals surface area contributed by atoms with Crippen LogP contribution in [0.1, 0.15) is 56.7 Å². The maximum atomic E-state index is 6.11. The minimum atomic E-state index is 0.0967. The fraction of sp³-hybridized carbons (Fsp3) is 0.542. The van der Waals surface area contributed by atoms with E-state index >= 15 is 0 Å². The van der Waals surface area contributed by atoms with E-state index in [2.05, 4.69) is 45.6 Å². The lowest BCUT2D eigenvalue weighted by atomic mass is 9.79. The summed E-state index contributed by atoms with van der Waals surface area (Å²) in [4.78, 5) is 11.7. The van der Waals surface area contributed by atoms with Gasteiger partial charge in [0.25, 0.3) is 0 Å². The van der Waals surface area contributed by atoms with Crippen LogP contribution in [0, 0.1) is 12.8 Å². The molecular formula is C24H32ClN5S. The molecule has 1 aromatic heterocycles. The molecule has 2 heterocycles. The summed E-state index contributed by atoms with van der Waals surface area (Å²) in [6, 6.07) is 10.3. The number of benzene rings is 1. The van der Waals surface area contributed by atoms with Gasteiger partial charge in [0.15, 0.2) is 5.11 Å². The van der Waals surface area contributed by atoms with E-state index < -0.39 is 0 Å². The number of aromatic nitrogens is 2. The van der Waals surface area contributed by atoms with Crippen LogP contribution < -0.4 is 15.5 Å². The van der Waals surface area contributed by atoms with Crippen LogP contribution in [0.15, 0.2) is 30.3 Å². The first-order valence-electron chi connectivity index (χ1n) is 11.4. The maximum Gasteiger partial charge on any atom is 0.231 e. The molecule has 31 heavy (non-hydrogen) atoms. The smallest absolute Gasteiger partial charge is 0.231 e. The van der Waals surface area contributed by atoms with Gasteiger partial charge in [0.05, 0.1) is 0 Å². The van der Waals surface area contributed by atoms with Crippen molar-refractivity contribution < 1.29 is 0 Å². The minimum Gasteiger partial charge on any atom is -0.361 e. The highest BCUT2D eigenvalue weighted by Gasteiger charge is 2.35. The number of piperidine rings is 1. The first kappa shape index (κ1) is 22.3. The van der Waals surface area contributed by atoms with E-state index in [0.29, 0.717) is 11.1 Å². The van der Waals surface area contributed by atoms with E-state index in [1.165, 1.54) is 31.2 Å². The highest BCUT2D eigenvalue weighted by atomic mass is 35.5. The average molecular weight is 458 g/mol. The quantitative estimate of drug-likeness (QED) is 0.580. The van der Waals surface area contributed by atoms with Crippen molar-refractivity contribution in [2.75, 3.05) is 29.9 Å². The Bertz CT molecular complexity index is 903. The Morgan fingerprint density at radius 1 is 1.16 bits per heavy atom. The van der Waals surface area contributed by atoms with Crippen molar-refractivity contribution >= 4 is 40.7 Å². The van der Waals surface area contributed by atoms with Crippen molar-refractivity contribution in [1.82, 2.24) is 15.3 Å². The Morgan fingerprint density at radius 3 is 2.52 bits per heavy atom. The molecule has 1 saturated heterocycles. The van der Waals surface area contributed by atoms with Crippen LogP contribution in [0.2, 0.25) is 5.02 Å². The molecule has 2 N–H and O–H groups in total. The topological polar surface area (TPSA) is 53.1 Å². The molecule has 1 aliphatic heterocycles. The fourth-order valence-corrected chi connectivity index (χ4v) is 5.11. The Balaban J connectivity index is 1.41. The van der Waals surface area contributed by atoms with Gasteiger partial charge in [-0.05, 0) is 68.4 Å². The third kappa shape index (κ3) is 5.47. The van der Waals surface area contributed by atoms with Gasteiger partial charge >= 0.3 is 0 Å². The van der Waals surface area contributed by atoms with Gasteiger partial charge in [-0.25, -0.2) is 4.98 Å². The van der Waals surface area contributed by atoms with E-state index in [4.69, 9.17) is 28.8 Å². The number of thiocarbonyl (C=S) groups is 1. The number of hydrogen-bond acceptors (Lipinski definition) is 4. The predicted molar refractivity (Wildman–Crippen MR) is 133 cm³/mol. The zero-order valence-corrected chi connectivity index (χ0v) is 20.0. The molecule has 166 valence electrons. The fourth-order valence-electron chi connectivity index (χ4n) is 4.83. The second-order valence-electron chi connectivity index (χ2n) is 9.16. The van der Waals surface area contributed by atoms with Gasteiger partial charge in [-0.1, -0.05) is 43.5 Å². The molecule has 1 aromatic carbocycles. The molecule has 4 rings (SSSR count). The molecule has 2 fully saturated rings. The molecule has 7 heteroatoms. The van der Waals surface area contributed by atoms with Gasteiger partial charge in [0.2, 0.25) is 5.95 Å². The van der Waals surface area contributed by atoms with Gasteiger partial charge in [-0.3, -0.25) is 0 Å². The molecular weight excluding hydrogens is 426 g/mol. The average Bonchev–Trinajstić information content (AvgIpc) is 3.23. The molecule has 1 aliphatic carbocycles. The molecule has 0 spiro atoms. The molecule has 0 unspecified atom stereocenters. The number of aryl methyl sites for hydroxylation is 1. The third-order valence-electron chi connectivity index (χ3n) is 6.78. The lowest BCUT2D eigenvalue weighted by Crippen LogP contribution is -2.41. The standard InChI is InChI=1S/C24H32ClN5S/c1-17-9-13-30(14-10-17)21-15-18(2)27-22(28-21)29-23(31)26-16-24(11-3-4-12-24)19-5-7-20(25)8-6-19/h5-8,15,17H,3-4,9-14,16H2,1-2H3,(H2,26,27,28,29,31). The second-order valence-corrected chi connectivity index (χ2v) is 10.0. The van der Waals surface area contributed by atoms with Crippen LogP contribution >= 0.6 is 23.8 Å². The zero-order valence-electron chi connectivity index (χ0n) is 18.5. The highest BCUT2D eigenvalue weighted by Crippen LogP contribution is 2.41. The molecule has 0 bridgehead atoms. The molecule has 2 aliphatic rings. The number of halogens is 1. The summed E-state index contributed by atoms with van der Waals surface area (Å²) in [5.41, 5.74) is 2.37. The van der Waals surface area contributed by atoms with Crippen LogP contribution in [0.3, 0.4) is 0 Å². The van der Waals surface area contributed by atoms with Crippen molar-refractivity contribution in [2.45, 2.75) is 57.8 Å². The first-order valence-corrected chi connectivity index (χ1v) is 12.1. The van der Waals surface area contributed by atoms with Crippen molar-refractivity contribution in [3.8, 4) is 0 Å². The van der Waals surface area contributed by atoms with Crippen LogP contribution in [-0.4, -0.2) is 34.7 Å². The van der Waals surface area contributed by atoms with Gasteiger partial charge in [0.1, 0.15) is 5.82 Å². The summed E-state index contributed by atoms with van der Waals surface area (Å²) < 4.78 is 0. The van der Waals surface area contributed by atoms with Crippen molar-refractivity contribution in [1.29, 1.82) is 0 Å². The molecule has 2 aromatic rings. The van der Waals surface area contributed by atoms with E-state index in [0.717, 1.165) is 54.9 Å². The molecule has 1 saturated carbocycles. The van der Waals surface area contributed by atoms with E-state index in [1.54, 1.807) is 0 Å². The summed E-state index contributed by atoms with van der Waals surface area (Å²) in [6.45, 7) is 7.21. The van der Waals surface area contributed by atoms with Gasteiger partial charge in [-0.2, -0.15) is 4.98 Å². The summed E-state index contributed by atoms with van der Waals surface area (Å²) in [6.07, 6.45) is 7.20. The zero-order chi connectivity index (χ0) is 21.8. The number of nitrogens with one attached hydrogen (secondary N) is 2.